The third-order valence-corrected chi connectivity index (χ3v) is 5.12. The molecule has 0 unspecified atom stereocenters. The lowest BCUT2D eigenvalue weighted by molar-refractivity contribution is 0.438. The second-order valence-corrected chi connectivity index (χ2v) is 6.94. The van der Waals surface area contributed by atoms with Crippen molar-refractivity contribution in [1.82, 2.24) is 4.98 Å². The number of aromatic nitrogens is 1. The third-order valence-electron chi connectivity index (χ3n) is 3.69. The van der Waals surface area contributed by atoms with Crippen molar-refractivity contribution in [3.05, 3.63) is 34.1 Å². The smallest absolute Gasteiger partial charge is 0.185 e. The van der Waals surface area contributed by atoms with Crippen molar-refractivity contribution in [2.24, 2.45) is 5.92 Å². The van der Waals surface area contributed by atoms with Gasteiger partial charge in [-0.1, -0.05) is 35.0 Å². The van der Waals surface area contributed by atoms with E-state index in [9.17, 15) is 0 Å². The molecule has 1 aliphatic heterocycles. The van der Waals surface area contributed by atoms with Gasteiger partial charge in [-0.25, -0.2) is 4.98 Å². The van der Waals surface area contributed by atoms with Crippen LogP contribution < -0.4 is 4.90 Å². The maximum absolute atomic E-state index is 4.79. The molecule has 3 rings (SSSR count). The molecule has 1 aromatic carbocycles. The van der Waals surface area contributed by atoms with E-state index >= 15 is 0 Å². The molecule has 0 atom stereocenters. The van der Waals surface area contributed by atoms with E-state index in [0.717, 1.165) is 29.2 Å². The van der Waals surface area contributed by atoms with Crippen molar-refractivity contribution in [1.29, 1.82) is 0 Å². The topological polar surface area (TPSA) is 16.1 Å². The lowest BCUT2D eigenvalue weighted by Gasteiger charge is -2.29. The van der Waals surface area contributed by atoms with Gasteiger partial charge in [-0.15, -0.1) is 11.3 Å². The van der Waals surface area contributed by atoms with Crippen LogP contribution in [0.4, 0.5) is 5.13 Å². The Hall–Kier alpha value is -0.870. The molecule has 1 saturated heterocycles. The summed E-state index contributed by atoms with van der Waals surface area (Å²) >= 11 is 5.22. The van der Waals surface area contributed by atoms with Crippen LogP contribution in [0.3, 0.4) is 0 Å². The fourth-order valence-corrected chi connectivity index (χ4v) is 3.52. The molecule has 1 aliphatic rings. The summed E-state index contributed by atoms with van der Waals surface area (Å²) in [7, 11) is 0. The average molecular weight is 337 g/mol. The van der Waals surface area contributed by atoms with Gasteiger partial charge in [-0.2, -0.15) is 0 Å². The number of rotatable bonds is 2. The minimum Gasteiger partial charge on any atom is -0.348 e. The summed E-state index contributed by atoms with van der Waals surface area (Å²) in [5, 5.41) is 3.33. The first-order chi connectivity index (χ1) is 9.22. The lowest BCUT2D eigenvalue weighted by Crippen LogP contribution is -2.32. The lowest BCUT2D eigenvalue weighted by atomic mass is 10.00. The van der Waals surface area contributed by atoms with Crippen LogP contribution in [0.2, 0.25) is 0 Å². The molecule has 0 radical (unpaired) electrons. The Morgan fingerprint density at radius 2 is 1.89 bits per heavy atom. The van der Waals surface area contributed by atoms with Crippen LogP contribution in [0, 0.1) is 5.92 Å². The summed E-state index contributed by atoms with van der Waals surface area (Å²) < 4.78 is 1.11. The quantitative estimate of drug-likeness (QED) is 0.782. The first-order valence-corrected chi connectivity index (χ1v) is 8.36. The Morgan fingerprint density at radius 3 is 2.58 bits per heavy atom. The highest BCUT2D eigenvalue weighted by molar-refractivity contribution is 9.10. The summed E-state index contributed by atoms with van der Waals surface area (Å²) in [6.07, 6.45) is 2.57. The van der Waals surface area contributed by atoms with Gasteiger partial charge in [0, 0.05) is 28.5 Å². The van der Waals surface area contributed by atoms with E-state index in [-0.39, 0.29) is 0 Å². The van der Waals surface area contributed by atoms with Gasteiger partial charge in [-0.3, -0.25) is 0 Å². The fraction of sp³-hybridized carbons (Fsp3) is 0.400. The maximum atomic E-state index is 4.79. The molecule has 0 aliphatic carbocycles. The van der Waals surface area contributed by atoms with Gasteiger partial charge in [0.2, 0.25) is 0 Å². The SMILES string of the molecule is CC1CCN(c2nc(-c3ccc(Br)cc3)cs2)CC1. The number of thiazole rings is 1. The molecule has 0 saturated carbocycles. The Labute approximate surface area is 126 Å². The first kappa shape index (κ1) is 13.1. The number of halogens is 1. The molecule has 0 spiro atoms. The molecule has 1 fully saturated rings. The predicted octanol–water partition coefficient (Wildman–Crippen LogP) is 4.81. The molecular weight excluding hydrogens is 320 g/mol. The molecule has 100 valence electrons. The Kier molecular flexibility index (Phi) is 3.89. The highest BCUT2D eigenvalue weighted by Crippen LogP contribution is 2.30. The second kappa shape index (κ2) is 5.63. The van der Waals surface area contributed by atoms with Crippen LogP contribution in [0.15, 0.2) is 34.1 Å². The van der Waals surface area contributed by atoms with E-state index in [1.165, 1.54) is 23.5 Å². The highest BCUT2D eigenvalue weighted by atomic mass is 79.9. The van der Waals surface area contributed by atoms with E-state index in [1.807, 2.05) is 0 Å². The van der Waals surface area contributed by atoms with Gasteiger partial charge in [-0.05, 0) is 30.9 Å². The fourth-order valence-electron chi connectivity index (χ4n) is 2.36. The Bertz CT molecular complexity index is 542. The van der Waals surface area contributed by atoms with Gasteiger partial charge in [0.05, 0.1) is 5.69 Å². The van der Waals surface area contributed by atoms with Crippen LogP contribution >= 0.6 is 27.3 Å². The predicted molar refractivity (Wildman–Crippen MR) is 85.9 cm³/mol. The van der Waals surface area contributed by atoms with E-state index in [0.29, 0.717) is 0 Å². The average Bonchev–Trinajstić information content (AvgIpc) is 2.90. The summed E-state index contributed by atoms with van der Waals surface area (Å²) in [6.45, 7) is 4.63. The monoisotopic (exact) mass is 336 g/mol. The van der Waals surface area contributed by atoms with E-state index in [2.05, 4.69) is 57.4 Å². The molecule has 2 aromatic rings. The highest BCUT2D eigenvalue weighted by Gasteiger charge is 2.18. The number of hydrogen-bond donors (Lipinski definition) is 0. The standard InChI is InChI=1S/C15H17BrN2S/c1-11-6-8-18(9-7-11)15-17-14(10-19-15)12-2-4-13(16)5-3-12/h2-5,10-11H,6-9H2,1H3. The van der Waals surface area contributed by atoms with Crippen molar-refractivity contribution in [3.8, 4) is 11.3 Å². The number of anilines is 1. The summed E-state index contributed by atoms with van der Waals surface area (Å²) in [5.41, 5.74) is 2.28. The van der Waals surface area contributed by atoms with Gasteiger partial charge in [0.15, 0.2) is 5.13 Å². The summed E-state index contributed by atoms with van der Waals surface area (Å²) in [4.78, 5) is 7.21. The summed E-state index contributed by atoms with van der Waals surface area (Å²) in [5.74, 6) is 0.863. The molecule has 0 amide bonds. The molecule has 4 heteroatoms. The molecule has 2 heterocycles. The number of nitrogens with zero attached hydrogens (tertiary/aromatic N) is 2. The maximum Gasteiger partial charge on any atom is 0.185 e. The number of hydrogen-bond acceptors (Lipinski definition) is 3. The van der Waals surface area contributed by atoms with Crippen molar-refractivity contribution < 1.29 is 0 Å². The van der Waals surface area contributed by atoms with Crippen molar-refractivity contribution in [3.63, 3.8) is 0 Å². The first-order valence-electron chi connectivity index (χ1n) is 6.69. The van der Waals surface area contributed by atoms with E-state index < -0.39 is 0 Å². The largest absolute Gasteiger partial charge is 0.348 e. The van der Waals surface area contributed by atoms with Gasteiger partial charge in [0.25, 0.3) is 0 Å². The molecule has 2 nitrogen and oxygen atoms in total. The van der Waals surface area contributed by atoms with Crippen LogP contribution in [0.5, 0.6) is 0 Å². The molecule has 0 bridgehead atoms. The zero-order valence-electron chi connectivity index (χ0n) is 11.0. The number of piperidine rings is 1. The van der Waals surface area contributed by atoms with Gasteiger partial charge >= 0.3 is 0 Å². The van der Waals surface area contributed by atoms with Crippen molar-refractivity contribution in [2.75, 3.05) is 18.0 Å². The van der Waals surface area contributed by atoms with Crippen LogP contribution in [-0.4, -0.2) is 18.1 Å². The minimum atomic E-state index is 0.863. The molecular formula is C15H17BrN2S. The van der Waals surface area contributed by atoms with E-state index in [4.69, 9.17) is 4.98 Å². The number of benzene rings is 1. The Morgan fingerprint density at radius 1 is 1.21 bits per heavy atom. The van der Waals surface area contributed by atoms with Crippen molar-refractivity contribution in [2.45, 2.75) is 19.8 Å². The van der Waals surface area contributed by atoms with Crippen LogP contribution in [-0.2, 0) is 0 Å². The summed E-state index contributed by atoms with van der Waals surface area (Å²) in [6, 6.07) is 8.36. The van der Waals surface area contributed by atoms with Crippen LogP contribution in [0.1, 0.15) is 19.8 Å². The minimum absolute atomic E-state index is 0.863. The second-order valence-electron chi connectivity index (χ2n) is 5.19. The molecule has 0 N–H and O–H groups in total. The zero-order chi connectivity index (χ0) is 13.2. The van der Waals surface area contributed by atoms with Gasteiger partial charge < -0.3 is 4.90 Å². The van der Waals surface area contributed by atoms with E-state index in [1.54, 1.807) is 11.3 Å². The zero-order valence-corrected chi connectivity index (χ0v) is 13.4. The third kappa shape index (κ3) is 3.00. The molecule has 1 aromatic heterocycles. The normalized spacial score (nSPS) is 16.8. The van der Waals surface area contributed by atoms with Crippen molar-refractivity contribution >= 4 is 32.4 Å². The van der Waals surface area contributed by atoms with Gasteiger partial charge in [0.1, 0.15) is 0 Å². The molecule has 19 heavy (non-hydrogen) atoms. The van der Waals surface area contributed by atoms with Crippen LogP contribution in [0.25, 0.3) is 11.3 Å². The Balaban J connectivity index is 1.77.